The molecule has 1 rings (SSSR count). The minimum absolute atomic E-state index is 0.190. The van der Waals surface area contributed by atoms with Crippen LogP contribution in [0.5, 0.6) is 0 Å². The maximum Gasteiger partial charge on any atom is 0.326 e. The molecule has 3 atom stereocenters. The molecular formula is C12H22N2O4. The average Bonchev–Trinajstić information content (AvgIpc) is 2.28. The van der Waals surface area contributed by atoms with Crippen LogP contribution in [0.3, 0.4) is 0 Å². The lowest BCUT2D eigenvalue weighted by molar-refractivity contribution is -0.140. The molecule has 0 aliphatic heterocycles. The number of carboxylic acid groups (broad SMARTS) is 1. The zero-order valence-corrected chi connectivity index (χ0v) is 10.8. The Morgan fingerprint density at radius 3 is 2.33 bits per heavy atom. The first-order chi connectivity index (χ1) is 8.41. The Kier molecular flexibility index (Phi) is 5.40. The molecule has 1 aliphatic carbocycles. The van der Waals surface area contributed by atoms with E-state index < -0.39 is 24.1 Å². The summed E-state index contributed by atoms with van der Waals surface area (Å²) in [5.41, 5.74) is 0. The number of aliphatic hydroxyl groups is 1. The average molecular weight is 258 g/mol. The zero-order chi connectivity index (χ0) is 13.7. The SMILES string of the molecule is CC(C)C(NC(=O)NC1CCCCC1O)C(=O)O. The van der Waals surface area contributed by atoms with Gasteiger partial charge in [-0.25, -0.2) is 9.59 Å². The van der Waals surface area contributed by atoms with E-state index in [9.17, 15) is 14.7 Å². The van der Waals surface area contributed by atoms with Crippen LogP contribution < -0.4 is 10.6 Å². The first-order valence-electron chi connectivity index (χ1n) is 6.39. The Bertz CT molecular complexity index is 306. The van der Waals surface area contributed by atoms with Crippen molar-refractivity contribution in [3.05, 3.63) is 0 Å². The van der Waals surface area contributed by atoms with Crippen LogP contribution in [0.4, 0.5) is 4.79 Å². The summed E-state index contributed by atoms with van der Waals surface area (Å²) in [6.45, 7) is 3.46. The van der Waals surface area contributed by atoms with Crippen LogP contribution in [0, 0.1) is 5.92 Å². The van der Waals surface area contributed by atoms with E-state index >= 15 is 0 Å². The van der Waals surface area contributed by atoms with Crippen molar-refractivity contribution in [1.82, 2.24) is 10.6 Å². The fourth-order valence-electron chi connectivity index (χ4n) is 2.14. The maximum atomic E-state index is 11.7. The Morgan fingerprint density at radius 1 is 1.22 bits per heavy atom. The highest BCUT2D eigenvalue weighted by Crippen LogP contribution is 2.18. The van der Waals surface area contributed by atoms with E-state index in [1.165, 1.54) is 0 Å². The van der Waals surface area contributed by atoms with E-state index in [1.807, 2.05) is 0 Å². The van der Waals surface area contributed by atoms with Crippen LogP contribution in [0.1, 0.15) is 39.5 Å². The molecule has 0 bridgehead atoms. The maximum absolute atomic E-state index is 11.7. The normalized spacial score (nSPS) is 25.6. The number of carbonyl (C=O) groups excluding carboxylic acids is 1. The number of rotatable bonds is 4. The van der Waals surface area contributed by atoms with Gasteiger partial charge in [-0.05, 0) is 18.8 Å². The fourth-order valence-corrected chi connectivity index (χ4v) is 2.14. The first kappa shape index (κ1) is 14.8. The molecule has 104 valence electrons. The molecule has 1 fully saturated rings. The molecule has 4 N–H and O–H groups in total. The number of aliphatic carboxylic acids is 1. The monoisotopic (exact) mass is 258 g/mol. The number of hydrogen-bond donors (Lipinski definition) is 4. The molecule has 0 aromatic carbocycles. The second-order valence-corrected chi connectivity index (χ2v) is 5.14. The number of carbonyl (C=O) groups is 2. The van der Waals surface area contributed by atoms with Crippen LogP contribution in [0.25, 0.3) is 0 Å². The smallest absolute Gasteiger partial charge is 0.326 e. The molecule has 0 saturated heterocycles. The highest BCUT2D eigenvalue weighted by atomic mass is 16.4. The lowest BCUT2D eigenvalue weighted by atomic mass is 9.93. The lowest BCUT2D eigenvalue weighted by Crippen LogP contribution is -2.54. The van der Waals surface area contributed by atoms with Gasteiger partial charge in [0.2, 0.25) is 0 Å². The molecular weight excluding hydrogens is 236 g/mol. The van der Waals surface area contributed by atoms with Crippen molar-refractivity contribution in [1.29, 1.82) is 0 Å². The Morgan fingerprint density at radius 2 is 1.83 bits per heavy atom. The summed E-state index contributed by atoms with van der Waals surface area (Å²) in [7, 11) is 0. The largest absolute Gasteiger partial charge is 0.480 e. The number of urea groups is 1. The molecule has 6 heteroatoms. The van der Waals surface area contributed by atoms with Crippen molar-refractivity contribution in [2.45, 2.75) is 57.7 Å². The highest BCUT2D eigenvalue weighted by Gasteiger charge is 2.27. The molecule has 1 saturated carbocycles. The van der Waals surface area contributed by atoms with E-state index in [-0.39, 0.29) is 12.0 Å². The summed E-state index contributed by atoms with van der Waals surface area (Å²) in [6, 6.07) is -1.71. The topological polar surface area (TPSA) is 98.7 Å². The molecule has 18 heavy (non-hydrogen) atoms. The Hall–Kier alpha value is -1.30. The molecule has 0 heterocycles. The van der Waals surface area contributed by atoms with Gasteiger partial charge in [0.25, 0.3) is 0 Å². The van der Waals surface area contributed by atoms with Crippen LogP contribution in [-0.2, 0) is 4.79 Å². The van der Waals surface area contributed by atoms with Crippen molar-refractivity contribution in [2.24, 2.45) is 5.92 Å². The minimum atomic E-state index is -1.05. The standard InChI is InChI=1S/C12H22N2O4/c1-7(2)10(11(16)17)14-12(18)13-8-5-3-4-6-9(8)15/h7-10,15H,3-6H2,1-2H3,(H,16,17)(H2,13,14,18). The van der Waals surface area contributed by atoms with E-state index in [0.717, 1.165) is 19.3 Å². The Labute approximate surface area is 107 Å². The molecule has 0 aromatic heterocycles. The van der Waals surface area contributed by atoms with Crippen LogP contribution in [0.2, 0.25) is 0 Å². The molecule has 0 aromatic rings. The second kappa shape index (κ2) is 6.58. The van der Waals surface area contributed by atoms with E-state index in [4.69, 9.17) is 5.11 Å². The van der Waals surface area contributed by atoms with E-state index in [0.29, 0.717) is 6.42 Å². The van der Waals surface area contributed by atoms with Crippen molar-refractivity contribution >= 4 is 12.0 Å². The fraction of sp³-hybridized carbons (Fsp3) is 0.833. The number of hydrogen-bond acceptors (Lipinski definition) is 3. The van der Waals surface area contributed by atoms with Crippen LogP contribution in [-0.4, -0.2) is 40.4 Å². The Balaban J connectivity index is 2.47. The van der Waals surface area contributed by atoms with Crippen molar-refractivity contribution in [3.8, 4) is 0 Å². The van der Waals surface area contributed by atoms with Gasteiger partial charge in [0.1, 0.15) is 6.04 Å². The zero-order valence-electron chi connectivity index (χ0n) is 10.8. The van der Waals surface area contributed by atoms with Crippen molar-refractivity contribution in [3.63, 3.8) is 0 Å². The highest BCUT2D eigenvalue weighted by molar-refractivity contribution is 5.82. The van der Waals surface area contributed by atoms with Gasteiger partial charge in [0.05, 0.1) is 12.1 Å². The number of aliphatic hydroxyl groups excluding tert-OH is 1. The first-order valence-corrected chi connectivity index (χ1v) is 6.39. The summed E-state index contributed by atoms with van der Waals surface area (Å²) >= 11 is 0. The molecule has 0 radical (unpaired) electrons. The third-order valence-corrected chi connectivity index (χ3v) is 3.27. The molecule has 2 amide bonds. The van der Waals surface area contributed by atoms with Crippen LogP contribution >= 0.6 is 0 Å². The summed E-state index contributed by atoms with van der Waals surface area (Å²) in [4.78, 5) is 22.6. The summed E-state index contributed by atoms with van der Waals surface area (Å²) < 4.78 is 0. The van der Waals surface area contributed by atoms with Gasteiger partial charge >= 0.3 is 12.0 Å². The number of carboxylic acids is 1. The predicted molar refractivity (Wildman–Crippen MR) is 66.2 cm³/mol. The minimum Gasteiger partial charge on any atom is -0.480 e. The van der Waals surface area contributed by atoms with Gasteiger partial charge in [0.15, 0.2) is 0 Å². The van der Waals surface area contributed by atoms with Gasteiger partial charge in [-0.3, -0.25) is 0 Å². The summed E-state index contributed by atoms with van der Waals surface area (Å²) in [6.07, 6.45) is 2.80. The van der Waals surface area contributed by atoms with Crippen molar-refractivity contribution in [2.75, 3.05) is 0 Å². The van der Waals surface area contributed by atoms with Gasteiger partial charge in [0, 0.05) is 0 Å². The molecule has 3 unspecified atom stereocenters. The van der Waals surface area contributed by atoms with Crippen molar-refractivity contribution < 1.29 is 19.8 Å². The number of amides is 2. The van der Waals surface area contributed by atoms with E-state index in [2.05, 4.69) is 10.6 Å². The molecule has 0 spiro atoms. The van der Waals surface area contributed by atoms with Gasteiger partial charge < -0.3 is 20.8 Å². The predicted octanol–water partition coefficient (Wildman–Crippen LogP) is 0.698. The quantitative estimate of drug-likeness (QED) is 0.596. The van der Waals surface area contributed by atoms with Gasteiger partial charge in [-0.2, -0.15) is 0 Å². The number of nitrogens with one attached hydrogen (secondary N) is 2. The lowest BCUT2D eigenvalue weighted by Gasteiger charge is -2.29. The third-order valence-electron chi connectivity index (χ3n) is 3.27. The third kappa shape index (κ3) is 4.18. The molecule has 1 aliphatic rings. The summed E-state index contributed by atoms with van der Waals surface area (Å²) in [5.74, 6) is -1.24. The van der Waals surface area contributed by atoms with Crippen LogP contribution in [0.15, 0.2) is 0 Å². The second-order valence-electron chi connectivity index (χ2n) is 5.14. The van der Waals surface area contributed by atoms with E-state index in [1.54, 1.807) is 13.8 Å². The van der Waals surface area contributed by atoms with Gasteiger partial charge in [-0.1, -0.05) is 26.7 Å². The summed E-state index contributed by atoms with van der Waals surface area (Å²) in [5, 5.41) is 23.7. The van der Waals surface area contributed by atoms with Gasteiger partial charge in [-0.15, -0.1) is 0 Å². The molecule has 6 nitrogen and oxygen atoms in total.